The summed E-state index contributed by atoms with van der Waals surface area (Å²) < 4.78 is 0.738. The van der Waals surface area contributed by atoms with Crippen molar-refractivity contribution in [3.8, 4) is 5.75 Å². The van der Waals surface area contributed by atoms with Gasteiger partial charge in [0.15, 0.2) is 0 Å². The van der Waals surface area contributed by atoms with Gasteiger partial charge in [-0.15, -0.1) is 0 Å². The molecular formula is C14H24N3O3+. The van der Waals surface area contributed by atoms with Gasteiger partial charge in [-0.05, 0) is 12.1 Å². The topological polar surface area (TPSA) is 90.0 Å². The fourth-order valence-corrected chi connectivity index (χ4v) is 2.92. The van der Waals surface area contributed by atoms with E-state index in [4.69, 9.17) is 5.73 Å². The first-order chi connectivity index (χ1) is 9.60. The van der Waals surface area contributed by atoms with Gasteiger partial charge in [0, 0.05) is 6.07 Å². The number of rotatable bonds is 5. The molecule has 112 valence electrons. The number of anilines is 2. The molecular weight excluding hydrogens is 258 g/mol. The third-order valence-electron chi connectivity index (χ3n) is 4.19. The molecule has 0 spiro atoms. The van der Waals surface area contributed by atoms with Crippen molar-refractivity contribution >= 4 is 11.4 Å². The van der Waals surface area contributed by atoms with Crippen molar-refractivity contribution in [1.29, 1.82) is 0 Å². The molecule has 1 saturated heterocycles. The number of aromatic hydroxyl groups is 1. The third-order valence-corrected chi connectivity index (χ3v) is 4.19. The Morgan fingerprint density at radius 3 is 2.25 bits per heavy atom. The number of phenolic OH excluding ortho intramolecular Hbond substituents is 1. The fourth-order valence-electron chi connectivity index (χ4n) is 2.92. The van der Waals surface area contributed by atoms with Gasteiger partial charge in [0.25, 0.3) is 0 Å². The van der Waals surface area contributed by atoms with Crippen LogP contribution in [0.2, 0.25) is 0 Å². The lowest BCUT2D eigenvalue weighted by molar-refractivity contribution is -0.929. The minimum atomic E-state index is 0.133. The average molecular weight is 282 g/mol. The molecule has 1 heterocycles. The lowest BCUT2D eigenvalue weighted by Crippen LogP contribution is -2.61. The Labute approximate surface area is 119 Å². The highest BCUT2D eigenvalue weighted by Crippen LogP contribution is 2.29. The molecule has 0 atom stereocenters. The summed E-state index contributed by atoms with van der Waals surface area (Å²) in [5, 5.41) is 28.0. The first kappa shape index (κ1) is 14.9. The standard InChI is InChI=1S/C14H23N3O3/c15-13-2-1-12(20)11-14(13)16-3-5-17(6-4-16,7-9-18)8-10-19/h1-2,11,18-19H,3-10,15H2/p+1. The van der Waals surface area contributed by atoms with E-state index in [0.717, 1.165) is 36.3 Å². The summed E-state index contributed by atoms with van der Waals surface area (Å²) in [7, 11) is 0. The summed E-state index contributed by atoms with van der Waals surface area (Å²) in [6.07, 6.45) is 0. The average Bonchev–Trinajstić information content (AvgIpc) is 2.43. The number of hydrogen-bond acceptors (Lipinski definition) is 5. The lowest BCUT2D eigenvalue weighted by Gasteiger charge is -2.45. The molecule has 1 aromatic rings. The maximum Gasteiger partial charge on any atom is 0.117 e. The zero-order valence-electron chi connectivity index (χ0n) is 11.7. The van der Waals surface area contributed by atoms with Gasteiger partial charge in [0.05, 0.1) is 50.8 Å². The van der Waals surface area contributed by atoms with Crippen LogP contribution in [0, 0.1) is 0 Å². The van der Waals surface area contributed by atoms with Crippen LogP contribution in [0.25, 0.3) is 0 Å². The van der Waals surface area contributed by atoms with Crippen LogP contribution in [-0.2, 0) is 0 Å². The highest BCUT2D eigenvalue weighted by atomic mass is 16.3. The molecule has 0 aliphatic carbocycles. The van der Waals surface area contributed by atoms with Gasteiger partial charge in [0.1, 0.15) is 18.8 Å². The molecule has 1 aliphatic heterocycles. The number of piperazine rings is 1. The van der Waals surface area contributed by atoms with Crippen LogP contribution >= 0.6 is 0 Å². The molecule has 6 nitrogen and oxygen atoms in total. The van der Waals surface area contributed by atoms with Gasteiger partial charge in [-0.3, -0.25) is 0 Å². The van der Waals surface area contributed by atoms with Crippen molar-refractivity contribution in [2.75, 3.05) is 63.1 Å². The van der Waals surface area contributed by atoms with E-state index in [9.17, 15) is 15.3 Å². The molecule has 5 N–H and O–H groups in total. The number of phenols is 1. The molecule has 1 fully saturated rings. The van der Waals surface area contributed by atoms with E-state index in [0.29, 0.717) is 18.8 Å². The van der Waals surface area contributed by atoms with Crippen molar-refractivity contribution in [3.63, 3.8) is 0 Å². The quantitative estimate of drug-likeness (QED) is 0.335. The highest BCUT2D eigenvalue weighted by molar-refractivity contribution is 5.69. The van der Waals surface area contributed by atoms with E-state index in [2.05, 4.69) is 4.90 Å². The number of benzene rings is 1. The molecule has 0 radical (unpaired) electrons. The summed E-state index contributed by atoms with van der Waals surface area (Å²) in [6, 6.07) is 4.98. The second-order valence-electron chi connectivity index (χ2n) is 5.41. The Hall–Kier alpha value is -1.50. The maximum absolute atomic E-state index is 9.59. The van der Waals surface area contributed by atoms with E-state index in [1.165, 1.54) is 0 Å². The van der Waals surface area contributed by atoms with E-state index in [1.54, 1.807) is 18.2 Å². The number of hydrogen-bond donors (Lipinski definition) is 4. The second-order valence-corrected chi connectivity index (χ2v) is 5.41. The van der Waals surface area contributed by atoms with Gasteiger partial charge >= 0.3 is 0 Å². The van der Waals surface area contributed by atoms with E-state index < -0.39 is 0 Å². The number of quaternary nitrogens is 1. The first-order valence-electron chi connectivity index (χ1n) is 7.00. The Bertz CT molecular complexity index is 437. The number of aliphatic hydroxyl groups excluding tert-OH is 2. The zero-order valence-corrected chi connectivity index (χ0v) is 11.7. The molecule has 20 heavy (non-hydrogen) atoms. The van der Waals surface area contributed by atoms with E-state index >= 15 is 0 Å². The Morgan fingerprint density at radius 1 is 1.10 bits per heavy atom. The summed E-state index contributed by atoms with van der Waals surface area (Å²) in [6.45, 7) is 4.92. The van der Waals surface area contributed by atoms with Crippen molar-refractivity contribution in [2.45, 2.75) is 0 Å². The van der Waals surface area contributed by atoms with Gasteiger partial charge in [0.2, 0.25) is 0 Å². The van der Waals surface area contributed by atoms with Crippen molar-refractivity contribution in [3.05, 3.63) is 18.2 Å². The van der Waals surface area contributed by atoms with Gasteiger partial charge in [-0.1, -0.05) is 0 Å². The van der Waals surface area contributed by atoms with Crippen LogP contribution in [0.5, 0.6) is 5.75 Å². The number of aliphatic hydroxyl groups is 2. The largest absolute Gasteiger partial charge is 0.508 e. The van der Waals surface area contributed by atoms with Crippen molar-refractivity contribution < 1.29 is 19.8 Å². The Kier molecular flexibility index (Phi) is 4.69. The number of nitrogens with zero attached hydrogens (tertiary/aromatic N) is 2. The van der Waals surface area contributed by atoms with E-state index in [-0.39, 0.29) is 19.0 Å². The van der Waals surface area contributed by atoms with Crippen LogP contribution in [0.4, 0.5) is 11.4 Å². The van der Waals surface area contributed by atoms with Crippen LogP contribution < -0.4 is 10.6 Å². The SMILES string of the molecule is Nc1ccc(O)cc1N1CC[N+](CCO)(CCO)CC1. The van der Waals surface area contributed by atoms with Crippen molar-refractivity contribution in [2.24, 2.45) is 0 Å². The minimum Gasteiger partial charge on any atom is -0.508 e. The first-order valence-corrected chi connectivity index (χ1v) is 7.00. The Morgan fingerprint density at radius 2 is 1.70 bits per heavy atom. The normalized spacial score (nSPS) is 18.2. The summed E-state index contributed by atoms with van der Waals surface area (Å²) in [5.74, 6) is 0.214. The van der Waals surface area contributed by atoms with Crippen LogP contribution in [0.1, 0.15) is 0 Å². The van der Waals surface area contributed by atoms with Gasteiger partial charge in [-0.2, -0.15) is 0 Å². The zero-order chi connectivity index (χ0) is 14.6. The molecule has 0 aromatic heterocycles. The monoisotopic (exact) mass is 282 g/mol. The predicted octanol–water partition coefficient (Wildman–Crippen LogP) is -0.404. The van der Waals surface area contributed by atoms with Gasteiger partial charge < -0.3 is 30.4 Å². The van der Waals surface area contributed by atoms with Crippen LogP contribution in [0.3, 0.4) is 0 Å². The third kappa shape index (κ3) is 3.15. The molecule has 0 bridgehead atoms. The van der Waals surface area contributed by atoms with Gasteiger partial charge in [-0.25, -0.2) is 0 Å². The maximum atomic E-state index is 9.59. The summed E-state index contributed by atoms with van der Waals surface area (Å²) in [5.41, 5.74) is 7.48. The molecule has 0 amide bonds. The summed E-state index contributed by atoms with van der Waals surface area (Å²) >= 11 is 0. The smallest absolute Gasteiger partial charge is 0.117 e. The lowest BCUT2D eigenvalue weighted by atomic mass is 10.1. The molecule has 0 saturated carbocycles. The Balaban J connectivity index is 2.08. The number of nitrogen functional groups attached to an aromatic ring is 1. The minimum absolute atomic E-state index is 0.133. The predicted molar refractivity (Wildman–Crippen MR) is 78.6 cm³/mol. The molecule has 0 unspecified atom stereocenters. The second kappa shape index (κ2) is 6.30. The fraction of sp³-hybridized carbons (Fsp3) is 0.571. The molecule has 6 heteroatoms. The van der Waals surface area contributed by atoms with Crippen LogP contribution in [-0.4, -0.2) is 72.3 Å². The van der Waals surface area contributed by atoms with E-state index in [1.807, 2.05) is 0 Å². The number of nitrogens with two attached hydrogens (primary N) is 1. The molecule has 1 aromatic carbocycles. The highest BCUT2D eigenvalue weighted by Gasteiger charge is 2.32. The van der Waals surface area contributed by atoms with Crippen molar-refractivity contribution in [1.82, 2.24) is 0 Å². The summed E-state index contributed by atoms with van der Waals surface area (Å²) in [4.78, 5) is 2.15. The molecule has 2 rings (SSSR count). The molecule has 1 aliphatic rings. The van der Waals surface area contributed by atoms with Crippen LogP contribution in [0.15, 0.2) is 18.2 Å².